The van der Waals surface area contributed by atoms with Crippen LogP contribution in [-0.2, 0) is 6.42 Å². The zero-order chi connectivity index (χ0) is 13.2. The summed E-state index contributed by atoms with van der Waals surface area (Å²) in [6.45, 7) is 0.957. The number of amides is 1. The molecule has 1 aliphatic heterocycles. The van der Waals surface area contributed by atoms with E-state index in [2.05, 4.69) is 31.5 Å². The van der Waals surface area contributed by atoms with Gasteiger partial charge in [0.15, 0.2) is 0 Å². The first kappa shape index (κ1) is 12.2. The lowest BCUT2D eigenvalue weighted by Gasteiger charge is -2.07. The maximum Gasteiger partial charge on any atom is 0.275 e. The summed E-state index contributed by atoms with van der Waals surface area (Å²) in [6.07, 6.45) is 2.60. The monoisotopic (exact) mass is 317 g/mol. The van der Waals surface area contributed by atoms with Crippen molar-refractivity contribution >= 4 is 33.2 Å². The largest absolute Gasteiger partial charge is 0.384 e. The molecule has 0 radical (unpaired) electrons. The van der Waals surface area contributed by atoms with E-state index in [1.54, 1.807) is 18.3 Å². The number of carbonyl (C=O) groups is 1. The van der Waals surface area contributed by atoms with Gasteiger partial charge in [0.2, 0.25) is 0 Å². The lowest BCUT2D eigenvalue weighted by atomic mass is 10.1. The highest BCUT2D eigenvalue weighted by molar-refractivity contribution is 9.10. The molecule has 0 saturated carbocycles. The average Bonchev–Trinajstić information content (AvgIpc) is 2.86. The molecule has 0 fully saturated rings. The molecule has 19 heavy (non-hydrogen) atoms. The Hall–Kier alpha value is -1.88. The summed E-state index contributed by atoms with van der Waals surface area (Å²) < 4.78 is 0.690. The molecule has 1 aliphatic rings. The number of benzene rings is 1. The summed E-state index contributed by atoms with van der Waals surface area (Å²) in [5.74, 6) is -0.210. The zero-order valence-corrected chi connectivity index (χ0v) is 11.7. The Balaban J connectivity index is 1.82. The molecule has 0 spiro atoms. The topological polar surface area (TPSA) is 54.0 Å². The number of rotatable bonds is 2. The average molecular weight is 318 g/mol. The highest BCUT2D eigenvalue weighted by Crippen LogP contribution is 2.25. The third-order valence-corrected chi connectivity index (χ3v) is 3.69. The van der Waals surface area contributed by atoms with E-state index >= 15 is 0 Å². The first-order chi connectivity index (χ1) is 9.24. The van der Waals surface area contributed by atoms with Gasteiger partial charge >= 0.3 is 0 Å². The molecule has 96 valence electrons. The number of nitrogens with one attached hydrogen (secondary N) is 2. The van der Waals surface area contributed by atoms with Crippen LogP contribution < -0.4 is 10.6 Å². The van der Waals surface area contributed by atoms with Crippen LogP contribution in [0.25, 0.3) is 0 Å². The van der Waals surface area contributed by atoms with Gasteiger partial charge in [-0.15, -0.1) is 0 Å². The van der Waals surface area contributed by atoms with E-state index in [0.29, 0.717) is 10.2 Å². The Morgan fingerprint density at radius 2 is 2.26 bits per heavy atom. The minimum atomic E-state index is -0.210. The minimum Gasteiger partial charge on any atom is -0.384 e. The molecule has 0 unspecified atom stereocenters. The normalized spacial score (nSPS) is 12.7. The van der Waals surface area contributed by atoms with E-state index in [1.165, 1.54) is 5.56 Å². The van der Waals surface area contributed by atoms with Crippen LogP contribution in [0.2, 0.25) is 0 Å². The van der Waals surface area contributed by atoms with Crippen molar-refractivity contribution in [2.45, 2.75) is 6.42 Å². The Morgan fingerprint density at radius 3 is 3.11 bits per heavy atom. The van der Waals surface area contributed by atoms with E-state index in [4.69, 9.17) is 0 Å². The molecular weight excluding hydrogens is 306 g/mol. The van der Waals surface area contributed by atoms with E-state index < -0.39 is 0 Å². The second-order valence-corrected chi connectivity index (χ2v) is 5.19. The van der Waals surface area contributed by atoms with Gasteiger partial charge in [0.05, 0.1) is 0 Å². The molecule has 2 heterocycles. The number of aromatic nitrogens is 1. The molecular formula is C14H12BrN3O. The van der Waals surface area contributed by atoms with Gasteiger partial charge in [-0.1, -0.05) is 0 Å². The second kappa shape index (κ2) is 5.01. The van der Waals surface area contributed by atoms with Crippen LogP contribution in [-0.4, -0.2) is 17.4 Å². The fourth-order valence-corrected chi connectivity index (χ4v) is 2.56. The fraction of sp³-hybridized carbons (Fsp3) is 0.143. The van der Waals surface area contributed by atoms with Crippen molar-refractivity contribution in [3.8, 4) is 0 Å². The molecule has 4 nitrogen and oxygen atoms in total. The van der Waals surface area contributed by atoms with Gasteiger partial charge in [-0.25, -0.2) is 4.98 Å². The van der Waals surface area contributed by atoms with Crippen LogP contribution in [0.15, 0.2) is 41.0 Å². The van der Waals surface area contributed by atoms with E-state index in [-0.39, 0.29) is 5.91 Å². The molecule has 1 aromatic heterocycles. The van der Waals surface area contributed by atoms with Crippen LogP contribution in [0.1, 0.15) is 16.1 Å². The molecule has 1 aromatic carbocycles. The van der Waals surface area contributed by atoms with Gasteiger partial charge in [-0.05, 0) is 58.2 Å². The van der Waals surface area contributed by atoms with E-state index in [0.717, 1.165) is 24.3 Å². The zero-order valence-electron chi connectivity index (χ0n) is 10.1. The molecule has 1 amide bonds. The second-order valence-electron chi connectivity index (χ2n) is 4.34. The summed E-state index contributed by atoms with van der Waals surface area (Å²) in [7, 11) is 0. The first-order valence-electron chi connectivity index (χ1n) is 6.03. The third-order valence-electron chi connectivity index (χ3n) is 3.05. The van der Waals surface area contributed by atoms with Gasteiger partial charge < -0.3 is 10.6 Å². The van der Waals surface area contributed by atoms with Gasteiger partial charge in [-0.2, -0.15) is 0 Å². The number of halogens is 1. The highest BCUT2D eigenvalue weighted by Gasteiger charge is 2.14. The van der Waals surface area contributed by atoms with Gasteiger partial charge in [-0.3, -0.25) is 4.79 Å². The number of nitrogens with zero attached hydrogens (tertiary/aromatic N) is 1. The summed E-state index contributed by atoms with van der Waals surface area (Å²) in [4.78, 5) is 16.2. The Morgan fingerprint density at radius 1 is 1.37 bits per heavy atom. The number of pyridine rings is 1. The quantitative estimate of drug-likeness (QED) is 0.895. The van der Waals surface area contributed by atoms with E-state index in [9.17, 15) is 4.79 Å². The number of fused-ring (bicyclic) bond motifs is 1. The number of hydrogen-bond acceptors (Lipinski definition) is 3. The van der Waals surface area contributed by atoms with Gasteiger partial charge in [0.1, 0.15) is 5.69 Å². The maximum atomic E-state index is 12.1. The predicted molar refractivity (Wildman–Crippen MR) is 78.5 cm³/mol. The Bertz CT molecular complexity index is 642. The van der Waals surface area contributed by atoms with Crippen LogP contribution in [0, 0.1) is 0 Å². The summed E-state index contributed by atoms with van der Waals surface area (Å²) in [5, 5.41) is 6.16. The van der Waals surface area contributed by atoms with Crippen molar-refractivity contribution in [1.29, 1.82) is 0 Å². The molecule has 0 aliphatic carbocycles. The van der Waals surface area contributed by atoms with Crippen molar-refractivity contribution < 1.29 is 4.79 Å². The van der Waals surface area contributed by atoms with Crippen LogP contribution >= 0.6 is 15.9 Å². The third kappa shape index (κ3) is 2.46. The summed E-state index contributed by atoms with van der Waals surface area (Å²) >= 11 is 3.33. The molecule has 3 rings (SSSR count). The number of anilines is 2. The van der Waals surface area contributed by atoms with Crippen molar-refractivity contribution in [2.75, 3.05) is 17.2 Å². The van der Waals surface area contributed by atoms with Crippen LogP contribution in [0.4, 0.5) is 11.4 Å². The highest BCUT2D eigenvalue weighted by atomic mass is 79.9. The molecule has 0 saturated heterocycles. The van der Waals surface area contributed by atoms with Crippen molar-refractivity contribution in [2.24, 2.45) is 0 Å². The molecule has 5 heteroatoms. The fourth-order valence-electron chi connectivity index (χ4n) is 2.13. The minimum absolute atomic E-state index is 0.210. The van der Waals surface area contributed by atoms with Crippen LogP contribution in [0.5, 0.6) is 0 Å². The van der Waals surface area contributed by atoms with Crippen molar-refractivity contribution in [1.82, 2.24) is 4.98 Å². The smallest absolute Gasteiger partial charge is 0.275 e. The Labute approximate surface area is 119 Å². The Kier molecular flexibility index (Phi) is 3.21. The number of carbonyl (C=O) groups excluding carboxylic acids is 1. The molecule has 2 N–H and O–H groups in total. The predicted octanol–water partition coefficient (Wildman–Crippen LogP) is 3.06. The van der Waals surface area contributed by atoms with E-state index in [1.807, 2.05) is 18.2 Å². The first-order valence-corrected chi connectivity index (χ1v) is 6.82. The SMILES string of the molecule is O=C(Nc1ccc2c(c1)CCN2)c1ncccc1Br. The lowest BCUT2D eigenvalue weighted by molar-refractivity contribution is 0.102. The van der Waals surface area contributed by atoms with Crippen LogP contribution in [0.3, 0.4) is 0 Å². The molecule has 0 atom stereocenters. The van der Waals surface area contributed by atoms with Gasteiger partial charge in [0, 0.05) is 28.6 Å². The molecule has 0 bridgehead atoms. The molecule has 2 aromatic rings. The van der Waals surface area contributed by atoms with Crippen molar-refractivity contribution in [3.05, 3.63) is 52.3 Å². The van der Waals surface area contributed by atoms with Crippen molar-refractivity contribution in [3.63, 3.8) is 0 Å². The standard InChI is InChI=1S/C14H12BrN3O/c15-11-2-1-6-17-13(11)14(19)18-10-3-4-12-9(8-10)5-7-16-12/h1-4,6,8,16H,5,7H2,(H,18,19). The maximum absolute atomic E-state index is 12.1. The van der Waals surface area contributed by atoms with Gasteiger partial charge in [0.25, 0.3) is 5.91 Å². The number of hydrogen-bond donors (Lipinski definition) is 2. The lowest BCUT2D eigenvalue weighted by Crippen LogP contribution is -2.14. The summed E-state index contributed by atoms with van der Waals surface area (Å²) in [6, 6.07) is 9.47. The summed E-state index contributed by atoms with van der Waals surface area (Å²) in [5.41, 5.74) is 3.57.